The Morgan fingerprint density at radius 3 is 2.38 bits per heavy atom. The van der Waals surface area contributed by atoms with E-state index in [0.29, 0.717) is 12.5 Å². The third-order valence-corrected chi connectivity index (χ3v) is 3.86. The van der Waals surface area contributed by atoms with Crippen LogP contribution >= 0.6 is 15.9 Å². The Bertz CT molecular complexity index is 569. The minimum atomic E-state index is -0.0768. The highest BCUT2D eigenvalue weighted by molar-refractivity contribution is 9.09. The van der Waals surface area contributed by atoms with Gasteiger partial charge in [0.1, 0.15) is 5.75 Å². The van der Waals surface area contributed by atoms with Crippen LogP contribution < -0.4 is 10.1 Å². The molecule has 1 unspecified atom stereocenters. The number of nitrogens with one attached hydrogen (secondary N) is 1. The average molecular weight is 348 g/mol. The van der Waals surface area contributed by atoms with Crippen LogP contribution in [0.5, 0.6) is 5.75 Å². The number of amides is 1. The second-order valence-corrected chi connectivity index (χ2v) is 5.43. The van der Waals surface area contributed by atoms with Crippen molar-refractivity contribution in [3.63, 3.8) is 0 Å². The first-order chi connectivity index (χ1) is 10.2. The summed E-state index contributed by atoms with van der Waals surface area (Å²) in [5.41, 5.74) is 2.03. The molecule has 0 heterocycles. The molecule has 1 amide bonds. The number of alkyl halides is 1. The number of hydrogen-bond donors (Lipinski definition) is 1. The molecule has 0 aliphatic heterocycles. The smallest absolute Gasteiger partial charge is 0.221 e. The van der Waals surface area contributed by atoms with Gasteiger partial charge in [0.2, 0.25) is 5.91 Å². The maximum absolute atomic E-state index is 11.0. The van der Waals surface area contributed by atoms with Crippen molar-refractivity contribution >= 4 is 27.5 Å². The minimum Gasteiger partial charge on any atom is -0.493 e. The molecule has 21 heavy (non-hydrogen) atoms. The van der Waals surface area contributed by atoms with E-state index in [1.807, 2.05) is 42.5 Å². The lowest BCUT2D eigenvalue weighted by atomic mass is 10.0. The first-order valence-corrected chi connectivity index (χ1v) is 7.92. The number of anilines is 1. The molecule has 3 nitrogen and oxygen atoms in total. The molecule has 0 aliphatic rings. The first kappa shape index (κ1) is 15.6. The Morgan fingerprint density at radius 1 is 1.14 bits per heavy atom. The number of ether oxygens (including phenoxy) is 1. The van der Waals surface area contributed by atoms with E-state index in [9.17, 15) is 4.79 Å². The zero-order valence-electron chi connectivity index (χ0n) is 11.9. The summed E-state index contributed by atoms with van der Waals surface area (Å²) in [4.78, 5) is 11.0. The molecule has 2 aromatic rings. The number of hydrogen-bond acceptors (Lipinski definition) is 2. The van der Waals surface area contributed by atoms with E-state index in [-0.39, 0.29) is 5.91 Å². The van der Waals surface area contributed by atoms with Gasteiger partial charge in [0, 0.05) is 23.9 Å². The fourth-order valence-electron chi connectivity index (χ4n) is 1.99. The molecule has 0 saturated carbocycles. The molecule has 0 aromatic heterocycles. The molecule has 0 spiro atoms. The van der Waals surface area contributed by atoms with Gasteiger partial charge >= 0.3 is 0 Å². The predicted octanol–water partition coefficient (Wildman–Crippen LogP) is 4.20. The van der Waals surface area contributed by atoms with Crippen molar-refractivity contribution in [1.82, 2.24) is 0 Å². The highest BCUT2D eigenvalue weighted by atomic mass is 79.9. The normalized spacial score (nSPS) is 11.7. The number of benzene rings is 2. The average Bonchev–Trinajstić information content (AvgIpc) is 2.50. The van der Waals surface area contributed by atoms with Crippen LogP contribution in [0, 0.1) is 0 Å². The Hall–Kier alpha value is -1.81. The molecule has 0 fully saturated rings. The number of rotatable bonds is 6. The molecule has 4 heteroatoms. The molecule has 0 radical (unpaired) electrons. The summed E-state index contributed by atoms with van der Waals surface area (Å²) in [6.45, 7) is 2.10. The molecule has 2 aromatic carbocycles. The second kappa shape index (κ2) is 7.84. The fraction of sp³-hybridized carbons (Fsp3) is 0.235. The van der Waals surface area contributed by atoms with Crippen LogP contribution in [0.1, 0.15) is 18.4 Å². The summed E-state index contributed by atoms with van der Waals surface area (Å²) in [5.74, 6) is 1.03. The Balaban J connectivity index is 1.94. The van der Waals surface area contributed by atoms with Crippen molar-refractivity contribution in [3.8, 4) is 5.75 Å². The highest BCUT2D eigenvalue weighted by Crippen LogP contribution is 2.21. The van der Waals surface area contributed by atoms with Gasteiger partial charge in [-0.15, -0.1) is 0 Å². The van der Waals surface area contributed by atoms with Gasteiger partial charge in [-0.3, -0.25) is 4.79 Å². The Morgan fingerprint density at radius 2 is 1.81 bits per heavy atom. The highest BCUT2D eigenvalue weighted by Gasteiger charge is 2.10. The lowest BCUT2D eigenvalue weighted by molar-refractivity contribution is -0.114. The van der Waals surface area contributed by atoms with Gasteiger partial charge < -0.3 is 10.1 Å². The van der Waals surface area contributed by atoms with E-state index in [1.165, 1.54) is 12.5 Å². The van der Waals surface area contributed by atoms with Crippen molar-refractivity contribution in [2.75, 3.05) is 17.3 Å². The molecule has 2 rings (SSSR count). The van der Waals surface area contributed by atoms with Gasteiger partial charge in [0.05, 0.1) is 6.61 Å². The molecular weight excluding hydrogens is 330 g/mol. The van der Waals surface area contributed by atoms with Gasteiger partial charge in [-0.25, -0.2) is 0 Å². The largest absolute Gasteiger partial charge is 0.493 e. The van der Waals surface area contributed by atoms with Crippen LogP contribution in [0.15, 0.2) is 54.6 Å². The van der Waals surface area contributed by atoms with Crippen LogP contribution in [-0.4, -0.2) is 17.8 Å². The van der Waals surface area contributed by atoms with Crippen molar-refractivity contribution in [3.05, 3.63) is 60.2 Å². The van der Waals surface area contributed by atoms with Crippen molar-refractivity contribution in [2.24, 2.45) is 0 Å². The van der Waals surface area contributed by atoms with E-state index < -0.39 is 0 Å². The third kappa shape index (κ3) is 4.90. The topological polar surface area (TPSA) is 38.3 Å². The summed E-state index contributed by atoms with van der Waals surface area (Å²) in [6, 6.07) is 17.7. The lowest BCUT2D eigenvalue weighted by Crippen LogP contribution is -2.11. The van der Waals surface area contributed by atoms with E-state index >= 15 is 0 Å². The third-order valence-electron chi connectivity index (χ3n) is 3.08. The maximum atomic E-state index is 11.0. The van der Waals surface area contributed by atoms with E-state index in [2.05, 4.69) is 33.4 Å². The van der Waals surface area contributed by atoms with Crippen LogP contribution in [0.25, 0.3) is 0 Å². The zero-order chi connectivity index (χ0) is 15.1. The fourth-order valence-corrected chi connectivity index (χ4v) is 2.55. The monoisotopic (exact) mass is 347 g/mol. The molecule has 1 atom stereocenters. The summed E-state index contributed by atoms with van der Waals surface area (Å²) >= 11 is 3.54. The summed E-state index contributed by atoms with van der Waals surface area (Å²) in [6.07, 6.45) is 0. The summed E-state index contributed by atoms with van der Waals surface area (Å²) in [5, 5.41) is 3.58. The van der Waals surface area contributed by atoms with Gasteiger partial charge in [0.25, 0.3) is 0 Å². The molecule has 0 aliphatic carbocycles. The molecular formula is C17H18BrNO2. The predicted molar refractivity (Wildman–Crippen MR) is 89.2 cm³/mol. The number of carbonyl (C=O) groups excluding carboxylic acids is 1. The number of carbonyl (C=O) groups is 1. The van der Waals surface area contributed by atoms with Crippen LogP contribution in [0.2, 0.25) is 0 Å². The van der Waals surface area contributed by atoms with Gasteiger partial charge in [-0.1, -0.05) is 46.3 Å². The van der Waals surface area contributed by atoms with Gasteiger partial charge in [-0.2, -0.15) is 0 Å². The standard InChI is InChI=1S/C17H18BrNO2/c1-13(20)19-16-7-9-17(10-8-16)21-12-15(11-18)14-5-3-2-4-6-14/h2-10,15H,11-12H2,1H3,(H,19,20). The maximum Gasteiger partial charge on any atom is 0.221 e. The lowest BCUT2D eigenvalue weighted by Gasteiger charge is -2.16. The van der Waals surface area contributed by atoms with E-state index in [4.69, 9.17) is 4.74 Å². The number of halogens is 1. The van der Waals surface area contributed by atoms with Crippen LogP contribution in [0.3, 0.4) is 0 Å². The van der Waals surface area contributed by atoms with E-state index in [1.54, 1.807) is 0 Å². The van der Waals surface area contributed by atoms with Gasteiger partial charge in [-0.05, 0) is 29.8 Å². The van der Waals surface area contributed by atoms with Crippen LogP contribution in [-0.2, 0) is 4.79 Å². The molecule has 0 bridgehead atoms. The summed E-state index contributed by atoms with van der Waals surface area (Å²) < 4.78 is 5.83. The minimum absolute atomic E-state index is 0.0768. The Labute approximate surface area is 133 Å². The molecule has 110 valence electrons. The zero-order valence-corrected chi connectivity index (χ0v) is 13.5. The van der Waals surface area contributed by atoms with Crippen molar-refractivity contribution in [2.45, 2.75) is 12.8 Å². The van der Waals surface area contributed by atoms with Crippen LogP contribution in [0.4, 0.5) is 5.69 Å². The van der Waals surface area contributed by atoms with Crippen molar-refractivity contribution in [1.29, 1.82) is 0 Å². The summed E-state index contributed by atoms with van der Waals surface area (Å²) in [7, 11) is 0. The van der Waals surface area contributed by atoms with Gasteiger partial charge in [0.15, 0.2) is 0 Å². The van der Waals surface area contributed by atoms with Crippen molar-refractivity contribution < 1.29 is 9.53 Å². The second-order valence-electron chi connectivity index (χ2n) is 4.78. The molecule has 0 saturated heterocycles. The SMILES string of the molecule is CC(=O)Nc1ccc(OCC(CBr)c2ccccc2)cc1. The Kier molecular flexibility index (Phi) is 5.81. The van der Waals surface area contributed by atoms with E-state index in [0.717, 1.165) is 16.8 Å². The quantitative estimate of drug-likeness (QED) is 0.795. The molecule has 1 N–H and O–H groups in total. The first-order valence-electron chi connectivity index (χ1n) is 6.80.